The summed E-state index contributed by atoms with van der Waals surface area (Å²) in [6.45, 7) is 7.37. The Morgan fingerprint density at radius 1 is 0.929 bits per heavy atom. The third-order valence-corrected chi connectivity index (χ3v) is 13.1. The molecule has 0 aromatic heterocycles. The summed E-state index contributed by atoms with van der Waals surface area (Å²) in [6, 6.07) is 0. The summed E-state index contributed by atoms with van der Waals surface area (Å²) in [5.41, 5.74) is -2.13. The molecule has 2 heterocycles. The lowest BCUT2D eigenvalue weighted by Crippen LogP contribution is -2.59. The Morgan fingerprint density at radius 2 is 1.57 bits per heavy atom. The van der Waals surface area contributed by atoms with Crippen molar-refractivity contribution in [2.75, 3.05) is 6.61 Å². The van der Waals surface area contributed by atoms with Crippen molar-refractivity contribution in [2.24, 2.45) is 70.5 Å². The maximum Gasteiger partial charge on any atom is 0.318 e. The lowest BCUT2D eigenvalue weighted by Gasteiger charge is -2.59. The van der Waals surface area contributed by atoms with E-state index in [9.17, 15) is 24.0 Å². The van der Waals surface area contributed by atoms with Crippen LogP contribution in [-0.4, -0.2) is 48.2 Å². The molecule has 6 aliphatic carbocycles. The smallest absolute Gasteiger partial charge is 0.318 e. The van der Waals surface area contributed by atoms with Gasteiger partial charge in [0.1, 0.15) is 18.3 Å². The molecule has 8 atom stereocenters. The fraction of sp³-hybridized carbons (Fsp3) is 0.848. The molecule has 42 heavy (non-hydrogen) atoms. The molecule has 6 saturated carbocycles. The first-order valence-electron chi connectivity index (χ1n) is 16.2. The van der Waals surface area contributed by atoms with E-state index in [1.165, 1.54) is 6.42 Å². The van der Waals surface area contributed by atoms with Gasteiger partial charge in [-0.3, -0.25) is 24.0 Å². The minimum atomic E-state index is -1.49. The van der Waals surface area contributed by atoms with Crippen molar-refractivity contribution < 1.29 is 42.9 Å². The van der Waals surface area contributed by atoms with E-state index < -0.39 is 64.7 Å². The van der Waals surface area contributed by atoms with Crippen molar-refractivity contribution in [2.45, 2.75) is 97.2 Å². The van der Waals surface area contributed by atoms with Gasteiger partial charge in [-0.15, -0.1) is 0 Å². The first-order chi connectivity index (χ1) is 19.9. The quantitative estimate of drug-likeness (QED) is 0.246. The molecule has 0 aromatic rings. The standard InChI is InChI=1S/C33H44O9/c1-15-18-5-6-19(12-18)24(15)25-26(29(36)41-28(25)35)27(30(37)40-22-13-23(34)39-14-22)32(2,3)31(38)42-33(4)20-8-16-7-17(10-20)11-21(33)9-16/h15-22,24-27H,5-14H2,1-4H3. The molecule has 2 aliphatic heterocycles. The van der Waals surface area contributed by atoms with E-state index in [1.54, 1.807) is 13.8 Å². The summed E-state index contributed by atoms with van der Waals surface area (Å²) in [5, 5.41) is 0. The topological polar surface area (TPSA) is 122 Å². The summed E-state index contributed by atoms with van der Waals surface area (Å²) in [4.78, 5) is 67.1. The maximum absolute atomic E-state index is 14.3. The molecule has 8 fully saturated rings. The molecule has 2 saturated heterocycles. The zero-order chi connectivity index (χ0) is 29.7. The number of esters is 5. The van der Waals surface area contributed by atoms with Gasteiger partial charge in [0.25, 0.3) is 0 Å². The fourth-order valence-electron chi connectivity index (χ4n) is 11.0. The van der Waals surface area contributed by atoms with Crippen molar-refractivity contribution in [3.63, 3.8) is 0 Å². The van der Waals surface area contributed by atoms with Crippen LogP contribution in [0.3, 0.4) is 0 Å². The molecular formula is C33H44O9. The minimum absolute atomic E-state index is 0.0766. The number of cyclic esters (lactones) is 3. The van der Waals surface area contributed by atoms with Crippen LogP contribution in [0.25, 0.3) is 0 Å². The highest BCUT2D eigenvalue weighted by Crippen LogP contribution is 2.61. The Labute approximate surface area is 247 Å². The number of hydrogen-bond donors (Lipinski definition) is 0. The molecule has 8 aliphatic rings. The van der Waals surface area contributed by atoms with Gasteiger partial charge in [-0.1, -0.05) is 6.92 Å². The number of fused-ring (bicyclic) bond motifs is 2. The van der Waals surface area contributed by atoms with Crippen molar-refractivity contribution in [1.82, 2.24) is 0 Å². The van der Waals surface area contributed by atoms with Crippen LogP contribution in [0, 0.1) is 70.5 Å². The highest BCUT2D eigenvalue weighted by molar-refractivity contribution is 6.00. The summed E-state index contributed by atoms with van der Waals surface area (Å²) >= 11 is 0. The van der Waals surface area contributed by atoms with Gasteiger partial charge in [-0.05, 0) is 119 Å². The zero-order valence-corrected chi connectivity index (χ0v) is 25.2. The van der Waals surface area contributed by atoms with Crippen molar-refractivity contribution in [1.29, 1.82) is 0 Å². The van der Waals surface area contributed by atoms with Gasteiger partial charge in [0.15, 0.2) is 0 Å². The number of rotatable bonds is 7. The van der Waals surface area contributed by atoms with Crippen molar-refractivity contribution in [3.8, 4) is 0 Å². The van der Waals surface area contributed by atoms with Crippen LogP contribution < -0.4 is 0 Å². The fourth-order valence-corrected chi connectivity index (χ4v) is 11.0. The number of ether oxygens (including phenoxy) is 4. The molecule has 8 unspecified atom stereocenters. The summed E-state index contributed by atoms with van der Waals surface area (Å²) in [6.07, 6.45) is 7.64. The summed E-state index contributed by atoms with van der Waals surface area (Å²) in [7, 11) is 0. The van der Waals surface area contributed by atoms with Gasteiger partial charge >= 0.3 is 29.8 Å². The monoisotopic (exact) mass is 584 g/mol. The molecule has 8 rings (SSSR count). The van der Waals surface area contributed by atoms with Gasteiger partial charge in [0.05, 0.1) is 29.6 Å². The summed E-state index contributed by atoms with van der Waals surface area (Å²) in [5.74, 6) is -3.70. The highest BCUT2D eigenvalue weighted by atomic mass is 16.6. The van der Waals surface area contributed by atoms with E-state index in [-0.39, 0.29) is 42.6 Å². The molecule has 0 spiro atoms. The van der Waals surface area contributed by atoms with E-state index in [0.29, 0.717) is 17.8 Å². The molecule has 0 amide bonds. The third-order valence-electron chi connectivity index (χ3n) is 13.1. The van der Waals surface area contributed by atoms with Crippen LogP contribution in [0.5, 0.6) is 0 Å². The second kappa shape index (κ2) is 9.78. The van der Waals surface area contributed by atoms with Gasteiger partial charge in [0, 0.05) is 0 Å². The van der Waals surface area contributed by atoms with Crippen LogP contribution in [0.2, 0.25) is 0 Å². The largest absolute Gasteiger partial charge is 0.462 e. The van der Waals surface area contributed by atoms with Crippen LogP contribution in [0.4, 0.5) is 0 Å². The Morgan fingerprint density at radius 3 is 2.14 bits per heavy atom. The SMILES string of the molecule is CC1C2CCC(C2)C1C1C(=O)OC(=O)C1C(C(=O)OC1COC(=O)C1)C(C)(C)C(=O)OC1(C)C2CC3CC(C2)CC1C3. The van der Waals surface area contributed by atoms with Crippen molar-refractivity contribution in [3.05, 3.63) is 0 Å². The molecule has 9 nitrogen and oxygen atoms in total. The van der Waals surface area contributed by atoms with Gasteiger partial charge < -0.3 is 18.9 Å². The number of carbonyl (C=O) groups is 5. The van der Waals surface area contributed by atoms with E-state index in [1.807, 2.05) is 0 Å². The van der Waals surface area contributed by atoms with Crippen LogP contribution in [0.1, 0.15) is 85.5 Å². The lowest BCUT2D eigenvalue weighted by atomic mass is 9.50. The Balaban J connectivity index is 1.21. The molecule has 0 N–H and O–H groups in total. The van der Waals surface area contributed by atoms with E-state index in [0.717, 1.165) is 44.9 Å². The van der Waals surface area contributed by atoms with E-state index >= 15 is 0 Å². The Bertz CT molecular complexity index is 1170. The van der Waals surface area contributed by atoms with Gasteiger partial charge in [0.2, 0.25) is 0 Å². The first kappa shape index (κ1) is 28.3. The maximum atomic E-state index is 14.3. The molecule has 9 heteroatoms. The molecule has 230 valence electrons. The van der Waals surface area contributed by atoms with Crippen LogP contribution in [-0.2, 0) is 42.9 Å². The predicted molar refractivity (Wildman–Crippen MR) is 146 cm³/mol. The molecule has 0 radical (unpaired) electrons. The average Bonchev–Trinajstić information content (AvgIpc) is 3.68. The Hall–Kier alpha value is -2.45. The molecule has 6 bridgehead atoms. The van der Waals surface area contributed by atoms with Crippen molar-refractivity contribution >= 4 is 29.8 Å². The first-order valence-corrected chi connectivity index (χ1v) is 16.2. The molecule has 0 aromatic carbocycles. The summed E-state index contributed by atoms with van der Waals surface area (Å²) < 4.78 is 22.5. The van der Waals surface area contributed by atoms with Gasteiger partial charge in [-0.25, -0.2) is 0 Å². The zero-order valence-electron chi connectivity index (χ0n) is 25.2. The predicted octanol–water partition coefficient (Wildman–Crippen LogP) is 4.24. The number of carbonyl (C=O) groups excluding carboxylic acids is 5. The van der Waals surface area contributed by atoms with Crippen LogP contribution in [0.15, 0.2) is 0 Å². The minimum Gasteiger partial charge on any atom is -0.462 e. The highest BCUT2D eigenvalue weighted by Gasteiger charge is 2.65. The van der Waals surface area contributed by atoms with E-state index in [2.05, 4.69) is 13.8 Å². The van der Waals surface area contributed by atoms with Gasteiger partial charge in [-0.2, -0.15) is 0 Å². The second-order valence-corrected chi connectivity index (χ2v) is 15.6. The van der Waals surface area contributed by atoms with E-state index in [4.69, 9.17) is 18.9 Å². The molecular weight excluding hydrogens is 540 g/mol. The number of hydrogen-bond acceptors (Lipinski definition) is 9. The normalized spacial score (nSPS) is 46.1. The lowest BCUT2D eigenvalue weighted by molar-refractivity contribution is -0.216. The second-order valence-electron chi connectivity index (χ2n) is 15.6. The average molecular weight is 585 g/mol. The van der Waals surface area contributed by atoms with Crippen LogP contribution >= 0.6 is 0 Å². The Kier molecular flexibility index (Phi) is 6.60. The third kappa shape index (κ3) is 4.26.